The van der Waals surface area contributed by atoms with E-state index in [1.807, 2.05) is 0 Å². The molecule has 7 nitrogen and oxygen atoms in total. The van der Waals surface area contributed by atoms with Crippen LogP contribution in [-0.2, 0) is 14.3 Å². The fraction of sp³-hybridized carbons (Fsp3) is 0.875. The molecule has 0 aliphatic heterocycles. The summed E-state index contributed by atoms with van der Waals surface area (Å²) in [5, 5.41) is 6.21. The second kappa shape index (κ2) is 9.26. The van der Waals surface area contributed by atoms with Crippen molar-refractivity contribution in [2.75, 3.05) is 33.4 Å². The largest absolute Gasteiger partial charge is 0.465 e. The van der Waals surface area contributed by atoms with Gasteiger partial charge in [0.05, 0.1) is 19.8 Å². The van der Waals surface area contributed by atoms with Crippen LogP contribution in [0.3, 0.4) is 0 Å². The van der Waals surface area contributed by atoms with Crippen molar-refractivity contribution >= 4 is 5.97 Å². The number of azide groups is 1. The van der Waals surface area contributed by atoms with Gasteiger partial charge in [0.25, 0.3) is 0 Å². The number of methoxy groups -OCH3 is 1. The van der Waals surface area contributed by atoms with Gasteiger partial charge in [-0.25, -0.2) is 0 Å². The zero-order valence-electron chi connectivity index (χ0n) is 8.97. The summed E-state index contributed by atoms with van der Waals surface area (Å²) in [5.41, 5.74) is 8.15. The highest BCUT2D eigenvalue weighted by Crippen LogP contribution is 1.91. The van der Waals surface area contributed by atoms with Gasteiger partial charge in [-0.05, 0) is 12.5 Å². The van der Waals surface area contributed by atoms with Gasteiger partial charge >= 0.3 is 5.97 Å². The lowest BCUT2D eigenvalue weighted by atomic mass is 10.3. The molecule has 0 bridgehead atoms. The Bertz CT molecular complexity index is 228. The molecule has 0 rings (SSSR count). The number of rotatable bonds is 8. The Morgan fingerprint density at radius 2 is 2.40 bits per heavy atom. The second-order valence-corrected chi connectivity index (χ2v) is 2.66. The molecule has 15 heavy (non-hydrogen) atoms. The van der Waals surface area contributed by atoms with Gasteiger partial charge in [-0.2, -0.15) is 0 Å². The second-order valence-electron chi connectivity index (χ2n) is 2.66. The van der Waals surface area contributed by atoms with Crippen LogP contribution in [0, 0.1) is 0 Å². The van der Waals surface area contributed by atoms with Crippen LogP contribution in [0.15, 0.2) is 5.11 Å². The van der Waals surface area contributed by atoms with E-state index in [9.17, 15) is 4.79 Å². The lowest BCUT2D eigenvalue weighted by Gasteiger charge is -2.14. The summed E-state index contributed by atoms with van der Waals surface area (Å²) in [6, 6.07) is -0.601. The van der Waals surface area contributed by atoms with Crippen molar-refractivity contribution in [1.82, 2.24) is 5.32 Å². The molecule has 0 amide bonds. The van der Waals surface area contributed by atoms with E-state index in [0.29, 0.717) is 19.8 Å². The number of carbonyl (C=O) groups excluding carboxylic acids is 1. The Kier molecular flexibility index (Phi) is 8.46. The number of carbonyl (C=O) groups is 1. The molecule has 1 unspecified atom stereocenters. The molecule has 0 aromatic heterocycles. The number of hydrogen-bond acceptors (Lipinski definition) is 5. The number of esters is 1. The number of hydrogen-bond donors (Lipinski definition) is 1. The van der Waals surface area contributed by atoms with E-state index in [4.69, 9.17) is 15.0 Å². The zero-order valence-corrected chi connectivity index (χ0v) is 8.97. The van der Waals surface area contributed by atoms with Crippen LogP contribution in [0.25, 0.3) is 10.4 Å². The van der Waals surface area contributed by atoms with E-state index in [1.165, 1.54) is 0 Å². The summed E-state index contributed by atoms with van der Waals surface area (Å²) >= 11 is 0. The molecular weight excluding hydrogens is 200 g/mol. The normalized spacial score (nSPS) is 11.6. The van der Waals surface area contributed by atoms with Crippen LogP contribution in [-0.4, -0.2) is 45.4 Å². The summed E-state index contributed by atoms with van der Waals surface area (Å²) < 4.78 is 9.62. The van der Waals surface area contributed by atoms with E-state index >= 15 is 0 Å². The van der Waals surface area contributed by atoms with Crippen molar-refractivity contribution in [1.29, 1.82) is 0 Å². The third-order valence-electron chi connectivity index (χ3n) is 1.60. The van der Waals surface area contributed by atoms with Gasteiger partial charge in [0.2, 0.25) is 0 Å². The van der Waals surface area contributed by atoms with E-state index in [1.54, 1.807) is 14.0 Å². The molecule has 0 spiro atoms. The highest BCUT2D eigenvalue weighted by Gasteiger charge is 2.17. The van der Waals surface area contributed by atoms with Crippen LogP contribution in [0.1, 0.15) is 6.92 Å². The number of nitrogens with zero attached hydrogens (tertiary/aromatic N) is 3. The van der Waals surface area contributed by atoms with Gasteiger partial charge in [-0.1, -0.05) is 5.11 Å². The molecule has 0 saturated carbocycles. The molecular formula is C8H16N4O3. The molecule has 1 atom stereocenters. The van der Waals surface area contributed by atoms with Crippen molar-refractivity contribution in [2.24, 2.45) is 5.11 Å². The van der Waals surface area contributed by atoms with Crippen molar-refractivity contribution in [3.8, 4) is 0 Å². The van der Waals surface area contributed by atoms with E-state index in [2.05, 4.69) is 15.3 Å². The molecule has 0 saturated heterocycles. The summed E-state index contributed by atoms with van der Waals surface area (Å²) in [6.07, 6.45) is 0. The molecule has 86 valence electrons. The van der Waals surface area contributed by atoms with Crippen LogP contribution in [0.2, 0.25) is 0 Å². The minimum Gasteiger partial charge on any atom is -0.465 e. The predicted octanol–water partition coefficient (Wildman–Crippen LogP) is 0.464. The number of nitrogens with one attached hydrogen (secondary N) is 1. The van der Waals surface area contributed by atoms with Crippen molar-refractivity contribution in [2.45, 2.75) is 13.0 Å². The maximum Gasteiger partial charge on any atom is 0.323 e. The van der Waals surface area contributed by atoms with Crippen molar-refractivity contribution in [3.63, 3.8) is 0 Å². The van der Waals surface area contributed by atoms with Gasteiger partial charge in [-0.3, -0.25) is 4.79 Å². The molecule has 7 heteroatoms. The van der Waals surface area contributed by atoms with Crippen molar-refractivity contribution < 1.29 is 14.3 Å². The Morgan fingerprint density at radius 1 is 1.67 bits per heavy atom. The Labute approximate surface area is 88.4 Å². The lowest BCUT2D eigenvalue weighted by Crippen LogP contribution is -2.41. The standard InChI is InChI=1S/C8H16N4O3/c1-3-15-8(13)7(6-11-12-9)10-4-5-14-2/h7,10H,3-6H2,1-2H3. The molecule has 0 aromatic rings. The highest BCUT2D eigenvalue weighted by molar-refractivity contribution is 5.76. The number of ether oxygens (including phenoxy) is 2. The third-order valence-corrected chi connectivity index (χ3v) is 1.60. The smallest absolute Gasteiger partial charge is 0.323 e. The Hall–Kier alpha value is -1.30. The Morgan fingerprint density at radius 3 is 2.93 bits per heavy atom. The first kappa shape index (κ1) is 13.7. The van der Waals surface area contributed by atoms with Gasteiger partial charge < -0.3 is 14.8 Å². The van der Waals surface area contributed by atoms with E-state index < -0.39 is 12.0 Å². The van der Waals surface area contributed by atoms with E-state index in [0.717, 1.165) is 0 Å². The maximum atomic E-state index is 11.3. The minimum atomic E-state index is -0.601. The first-order valence-electron chi connectivity index (χ1n) is 4.66. The average molecular weight is 216 g/mol. The lowest BCUT2D eigenvalue weighted by molar-refractivity contribution is -0.145. The summed E-state index contributed by atoms with van der Waals surface area (Å²) in [5.74, 6) is -0.416. The van der Waals surface area contributed by atoms with Gasteiger partial charge in [0.15, 0.2) is 0 Å². The Balaban J connectivity index is 4.04. The maximum absolute atomic E-state index is 11.3. The van der Waals surface area contributed by atoms with Crippen molar-refractivity contribution in [3.05, 3.63) is 10.4 Å². The molecule has 0 radical (unpaired) electrons. The fourth-order valence-corrected chi connectivity index (χ4v) is 0.919. The molecule has 0 fully saturated rings. The van der Waals surface area contributed by atoms with Gasteiger partial charge in [0, 0.05) is 18.6 Å². The monoisotopic (exact) mass is 216 g/mol. The summed E-state index contributed by atoms with van der Waals surface area (Å²) in [7, 11) is 1.56. The van der Waals surface area contributed by atoms with Crippen LogP contribution in [0.4, 0.5) is 0 Å². The van der Waals surface area contributed by atoms with Gasteiger partial charge in [0.1, 0.15) is 6.04 Å². The third kappa shape index (κ3) is 6.73. The topological polar surface area (TPSA) is 96.3 Å². The van der Waals surface area contributed by atoms with E-state index in [-0.39, 0.29) is 6.54 Å². The minimum absolute atomic E-state index is 0.0407. The molecule has 0 aliphatic carbocycles. The average Bonchev–Trinajstić information content (AvgIpc) is 2.23. The molecule has 1 N–H and O–H groups in total. The highest BCUT2D eigenvalue weighted by atomic mass is 16.5. The first-order valence-corrected chi connectivity index (χ1v) is 4.66. The van der Waals surface area contributed by atoms with Crippen LogP contribution >= 0.6 is 0 Å². The summed E-state index contributed by atoms with van der Waals surface area (Å²) in [4.78, 5) is 13.9. The molecule has 0 heterocycles. The van der Waals surface area contributed by atoms with Crippen LogP contribution in [0.5, 0.6) is 0 Å². The quantitative estimate of drug-likeness (QED) is 0.209. The molecule has 0 aromatic carbocycles. The van der Waals surface area contributed by atoms with Gasteiger partial charge in [-0.15, -0.1) is 0 Å². The van der Waals surface area contributed by atoms with Crippen LogP contribution < -0.4 is 5.32 Å². The first-order chi connectivity index (χ1) is 7.26. The fourth-order valence-electron chi connectivity index (χ4n) is 0.919. The molecule has 0 aliphatic rings. The predicted molar refractivity (Wildman–Crippen MR) is 54.3 cm³/mol. The zero-order chi connectivity index (χ0) is 11.5. The SMILES string of the molecule is CCOC(=O)C(CN=[N+]=[N-])NCCOC. The summed E-state index contributed by atoms with van der Waals surface area (Å²) in [6.45, 7) is 3.04.